The minimum Gasteiger partial charge on any atom is -0.462 e. The van der Waals surface area contributed by atoms with Crippen LogP contribution in [0.1, 0.15) is 32.3 Å². The van der Waals surface area contributed by atoms with E-state index in [2.05, 4.69) is 10.1 Å². The molecule has 0 fully saturated rings. The van der Waals surface area contributed by atoms with Gasteiger partial charge in [0, 0.05) is 5.54 Å². The van der Waals surface area contributed by atoms with E-state index < -0.39 is 19.0 Å². The lowest BCUT2D eigenvalue weighted by Crippen LogP contribution is -2.34. The Morgan fingerprint density at radius 1 is 1.20 bits per heavy atom. The number of halogens is 4. The number of hydrogen-bond donors (Lipinski definition) is 1. The van der Waals surface area contributed by atoms with Crippen LogP contribution in [0.4, 0.5) is 17.6 Å². The van der Waals surface area contributed by atoms with Gasteiger partial charge >= 0.3 is 12.3 Å². The van der Waals surface area contributed by atoms with E-state index in [1.807, 2.05) is 20.8 Å². The van der Waals surface area contributed by atoms with Crippen molar-refractivity contribution in [2.24, 2.45) is 0 Å². The molecule has 0 aliphatic carbocycles. The third kappa shape index (κ3) is 5.92. The number of alkyl halides is 4. The molecule has 0 spiro atoms. The first-order valence-electron chi connectivity index (χ1n) is 6.16. The van der Waals surface area contributed by atoms with Gasteiger partial charge in [0.2, 0.25) is 0 Å². The van der Waals surface area contributed by atoms with E-state index >= 15 is 0 Å². The fraction of sp³-hybridized carbons (Fsp3) is 0.692. The van der Waals surface area contributed by atoms with E-state index in [9.17, 15) is 17.6 Å². The molecule has 0 atom stereocenters. The quantitative estimate of drug-likeness (QED) is 0.781. The third-order valence-electron chi connectivity index (χ3n) is 2.37. The topological polar surface area (TPSA) is 34.4 Å². The number of hydrogen-bond acceptors (Lipinski definition) is 3. The highest BCUT2D eigenvalue weighted by atomic mass is 19.3. The summed E-state index contributed by atoms with van der Waals surface area (Å²) in [6, 6.07) is 3.25. The van der Waals surface area contributed by atoms with Crippen LogP contribution in [0.25, 0.3) is 0 Å². The second kappa shape index (κ2) is 6.58. The van der Waals surface area contributed by atoms with Crippen LogP contribution in [0, 0.1) is 0 Å². The van der Waals surface area contributed by atoms with E-state index in [1.165, 1.54) is 0 Å². The molecule has 0 aliphatic rings. The zero-order valence-electron chi connectivity index (χ0n) is 11.7. The standard InChI is InChI=1S/C13H19F4NO2/c1-12(2,3)18-6-9-4-5-10(20-9)7-19-8-13(16,17)11(14)15/h4-5,11,18H,6-8H2,1-3H3. The van der Waals surface area contributed by atoms with Crippen molar-refractivity contribution in [3.63, 3.8) is 0 Å². The molecule has 0 saturated heterocycles. The van der Waals surface area contributed by atoms with E-state index in [-0.39, 0.29) is 12.1 Å². The molecule has 1 aromatic heterocycles. The zero-order chi connectivity index (χ0) is 15.4. The number of rotatable bonds is 7. The van der Waals surface area contributed by atoms with Crippen LogP contribution in [-0.2, 0) is 17.9 Å². The van der Waals surface area contributed by atoms with Crippen LogP contribution in [0.5, 0.6) is 0 Å². The zero-order valence-corrected chi connectivity index (χ0v) is 11.7. The maximum Gasteiger partial charge on any atom is 0.330 e. The predicted molar refractivity (Wildman–Crippen MR) is 65.9 cm³/mol. The fourth-order valence-corrected chi connectivity index (χ4v) is 1.30. The summed E-state index contributed by atoms with van der Waals surface area (Å²) in [6.45, 7) is 4.86. The molecule has 0 saturated carbocycles. The Labute approximate surface area is 115 Å². The molecule has 1 heterocycles. The van der Waals surface area contributed by atoms with Crippen molar-refractivity contribution in [3.05, 3.63) is 23.7 Å². The molecular weight excluding hydrogens is 278 g/mol. The summed E-state index contributed by atoms with van der Waals surface area (Å²) in [4.78, 5) is 0. The number of ether oxygens (including phenoxy) is 1. The monoisotopic (exact) mass is 297 g/mol. The van der Waals surface area contributed by atoms with Crippen LogP contribution in [0.15, 0.2) is 16.5 Å². The van der Waals surface area contributed by atoms with Gasteiger partial charge in [-0.15, -0.1) is 0 Å². The fourth-order valence-electron chi connectivity index (χ4n) is 1.30. The second-order valence-electron chi connectivity index (χ2n) is 5.53. The first-order chi connectivity index (χ1) is 9.10. The molecule has 1 rings (SSSR count). The Morgan fingerprint density at radius 2 is 1.80 bits per heavy atom. The molecule has 20 heavy (non-hydrogen) atoms. The van der Waals surface area contributed by atoms with Gasteiger partial charge in [-0.3, -0.25) is 0 Å². The molecule has 0 radical (unpaired) electrons. The summed E-state index contributed by atoms with van der Waals surface area (Å²) in [6.07, 6.45) is -3.73. The molecule has 7 heteroatoms. The second-order valence-corrected chi connectivity index (χ2v) is 5.53. The van der Waals surface area contributed by atoms with Crippen molar-refractivity contribution in [2.45, 2.75) is 51.8 Å². The first-order valence-corrected chi connectivity index (χ1v) is 6.16. The molecule has 1 aromatic rings. The van der Waals surface area contributed by atoms with Gasteiger partial charge in [0.05, 0.1) is 6.54 Å². The lowest BCUT2D eigenvalue weighted by atomic mass is 10.1. The van der Waals surface area contributed by atoms with Crippen molar-refractivity contribution in [1.29, 1.82) is 0 Å². The van der Waals surface area contributed by atoms with Crippen molar-refractivity contribution < 1.29 is 26.7 Å². The molecule has 0 bridgehead atoms. The Balaban J connectivity index is 2.38. The van der Waals surface area contributed by atoms with Gasteiger partial charge in [-0.1, -0.05) is 0 Å². The van der Waals surface area contributed by atoms with Gasteiger partial charge < -0.3 is 14.5 Å². The van der Waals surface area contributed by atoms with Crippen LogP contribution in [0.3, 0.4) is 0 Å². The molecular formula is C13H19F4NO2. The highest BCUT2D eigenvalue weighted by molar-refractivity contribution is 5.06. The van der Waals surface area contributed by atoms with Crippen LogP contribution >= 0.6 is 0 Å². The van der Waals surface area contributed by atoms with Crippen molar-refractivity contribution in [2.75, 3.05) is 6.61 Å². The van der Waals surface area contributed by atoms with E-state index in [0.29, 0.717) is 18.1 Å². The predicted octanol–water partition coefficient (Wildman–Crippen LogP) is 3.58. The van der Waals surface area contributed by atoms with Crippen LogP contribution in [0.2, 0.25) is 0 Å². The van der Waals surface area contributed by atoms with E-state index in [1.54, 1.807) is 12.1 Å². The van der Waals surface area contributed by atoms with Crippen molar-refractivity contribution in [1.82, 2.24) is 5.32 Å². The largest absolute Gasteiger partial charge is 0.462 e. The molecule has 1 N–H and O–H groups in total. The lowest BCUT2D eigenvalue weighted by molar-refractivity contribution is -0.169. The Hall–Kier alpha value is -1.08. The highest BCUT2D eigenvalue weighted by Crippen LogP contribution is 2.23. The molecule has 0 aromatic carbocycles. The minimum atomic E-state index is -4.14. The van der Waals surface area contributed by atoms with Gasteiger partial charge in [0.25, 0.3) is 0 Å². The Kier molecular flexibility index (Phi) is 5.59. The number of nitrogens with one attached hydrogen (secondary N) is 1. The molecule has 0 amide bonds. The van der Waals surface area contributed by atoms with Crippen molar-refractivity contribution >= 4 is 0 Å². The highest BCUT2D eigenvalue weighted by Gasteiger charge is 2.40. The first kappa shape index (κ1) is 17.0. The minimum absolute atomic E-state index is 0.0806. The summed E-state index contributed by atoms with van der Waals surface area (Å²) in [5, 5.41) is 3.19. The lowest BCUT2D eigenvalue weighted by Gasteiger charge is -2.19. The van der Waals surface area contributed by atoms with Gasteiger partial charge in [-0.2, -0.15) is 8.78 Å². The summed E-state index contributed by atoms with van der Waals surface area (Å²) in [5.41, 5.74) is -0.0806. The molecule has 116 valence electrons. The van der Waals surface area contributed by atoms with Gasteiger partial charge in [0.1, 0.15) is 24.7 Å². The van der Waals surface area contributed by atoms with Gasteiger partial charge in [-0.05, 0) is 32.9 Å². The van der Waals surface area contributed by atoms with Gasteiger partial charge in [0.15, 0.2) is 0 Å². The summed E-state index contributed by atoms with van der Waals surface area (Å²) in [5.74, 6) is -3.19. The maximum absolute atomic E-state index is 12.6. The Morgan fingerprint density at radius 3 is 2.35 bits per heavy atom. The smallest absolute Gasteiger partial charge is 0.330 e. The summed E-state index contributed by atoms with van der Waals surface area (Å²) >= 11 is 0. The van der Waals surface area contributed by atoms with E-state index in [4.69, 9.17) is 4.42 Å². The summed E-state index contributed by atoms with van der Waals surface area (Å²) < 4.78 is 58.9. The normalized spacial score (nSPS) is 13.2. The third-order valence-corrected chi connectivity index (χ3v) is 2.37. The van der Waals surface area contributed by atoms with Crippen LogP contribution in [-0.4, -0.2) is 24.5 Å². The molecule has 3 nitrogen and oxygen atoms in total. The van der Waals surface area contributed by atoms with Crippen LogP contribution < -0.4 is 5.32 Å². The van der Waals surface area contributed by atoms with Crippen molar-refractivity contribution in [3.8, 4) is 0 Å². The average molecular weight is 297 g/mol. The molecule has 0 unspecified atom stereocenters. The summed E-state index contributed by atoms with van der Waals surface area (Å²) in [7, 11) is 0. The molecule has 0 aliphatic heterocycles. The maximum atomic E-state index is 12.6. The number of furan rings is 1. The Bertz CT molecular complexity index is 413. The van der Waals surface area contributed by atoms with Gasteiger partial charge in [-0.25, -0.2) is 8.78 Å². The average Bonchev–Trinajstić information content (AvgIpc) is 2.73. The SMILES string of the molecule is CC(C)(C)NCc1ccc(COCC(F)(F)C(F)F)o1. The van der Waals surface area contributed by atoms with E-state index in [0.717, 1.165) is 0 Å².